The van der Waals surface area contributed by atoms with E-state index in [4.69, 9.17) is 0 Å². The summed E-state index contributed by atoms with van der Waals surface area (Å²) in [7, 11) is 2.14. The summed E-state index contributed by atoms with van der Waals surface area (Å²) in [6, 6.07) is 18.9. The summed E-state index contributed by atoms with van der Waals surface area (Å²) >= 11 is 0. The maximum atomic E-state index is 15.0. The summed E-state index contributed by atoms with van der Waals surface area (Å²) in [6.45, 7) is 8.93. The average Bonchev–Trinajstić information content (AvgIpc) is 3.36. The molecule has 1 saturated heterocycles. The van der Waals surface area contributed by atoms with Crippen molar-refractivity contribution in [2.24, 2.45) is 29.1 Å². The van der Waals surface area contributed by atoms with Crippen LogP contribution in [0.1, 0.15) is 94.4 Å². The summed E-state index contributed by atoms with van der Waals surface area (Å²) in [4.78, 5) is 37.9. The van der Waals surface area contributed by atoms with Crippen LogP contribution in [-0.2, 0) is 16.1 Å². The minimum atomic E-state index is -0.839. The second-order valence-electron chi connectivity index (χ2n) is 16.8. The van der Waals surface area contributed by atoms with Gasteiger partial charge >= 0.3 is 0 Å². The van der Waals surface area contributed by atoms with Gasteiger partial charge in [-0.25, -0.2) is 0 Å². The number of carbonyl (C=O) groups excluding carboxylic acids is 2. The van der Waals surface area contributed by atoms with E-state index in [1.807, 2.05) is 6.07 Å². The minimum absolute atomic E-state index is 0.00516. The third kappa shape index (κ3) is 5.01. The molecule has 2 atom stereocenters. The zero-order valence-electron chi connectivity index (χ0n) is 28.3. The van der Waals surface area contributed by atoms with Crippen LogP contribution in [0.3, 0.4) is 0 Å². The summed E-state index contributed by atoms with van der Waals surface area (Å²) in [6.07, 6.45) is 9.22. The Bertz CT molecular complexity index is 1600. The van der Waals surface area contributed by atoms with Gasteiger partial charge in [-0.3, -0.25) is 9.59 Å². The highest BCUT2D eigenvalue weighted by Crippen LogP contribution is 2.67. The lowest BCUT2D eigenvalue weighted by Crippen LogP contribution is -2.69. The van der Waals surface area contributed by atoms with Crippen LogP contribution >= 0.6 is 0 Å². The quantitative estimate of drug-likeness (QED) is 0.280. The summed E-state index contributed by atoms with van der Waals surface area (Å²) in [5.41, 5.74) is 3.91. The van der Waals surface area contributed by atoms with Crippen molar-refractivity contribution in [2.45, 2.75) is 102 Å². The Morgan fingerprint density at radius 1 is 0.913 bits per heavy atom. The standard InChI is InChI=1S/C40H52N4O2/c1-26-35(31-12-8-9-13-33(31)41-26)36-32(38(36,2)3)21-34(45)44(25-27-10-6-5-7-11-27)40(14-16-43(4)17-15-40)37(46)42-39-22-28-18-29(23-39)20-30(19-28)24-39/h5-13,28-30,32,36,41H,14-25H2,1-4H3,(H,42,46)/t28?,29?,30?,32-,36+,39?/m0/s1. The topological polar surface area (TPSA) is 68.4 Å². The largest absolute Gasteiger partial charge is 0.358 e. The highest BCUT2D eigenvalue weighted by atomic mass is 16.2. The summed E-state index contributed by atoms with van der Waals surface area (Å²) in [5.74, 6) is 3.04. The molecule has 9 rings (SSSR count). The van der Waals surface area contributed by atoms with E-state index in [-0.39, 0.29) is 28.7 Å². The maximum absolute atomic E-state index is 15.0. The Hall–Kier alpha value is -3.12. The number of hydrogen-bond donors (Lipinski definition) is 2. The number of amides is 2. The number of aromatic nitrogens is 1. The third-order valence-corrected chi connectivity index (χ3v) is 13.4. The molecular weight excluding hydrogens is 568 g/mol. The van der Waals surface area contributed by atoms with E-state index in [1.54, 1.807) is 0 Å². The Kier molecular flexibility index (Phi) is 7.21. The molecule has 0 spiro atoms. The highest BCUT2D eigenvalue weighted by Gasteiger charge is 2.61. The second kappa shape index (κ2) is 11.0. The van der Waals surface area contributed by atoms with Gasteiger partial charge in [-0.15, -0.1) is 0 Å². The number of piperidine rings is 1. The fourth-order valence-electron chi connectivity index (χ4n) is 11.2. The smallest absolute Gasteiger partial charge is 0.246 e. The van der Waals surface area contributed by atoms with Gasteiger partial charge in [0.25, 0.3) is 0 Å². The van der Waals surface area contributed by atoms with Crippen molar-refractivity contribution in [3.05, 3.63) is 71.4 Å². The van der Waals surface area contributed by atoms with E-state index in [1.165, 1.54) is 41.4 Å². The number of aromatic amines is 1. The highest BCUT2D eigenvalue weighted by molar-refractivity contribution is 5.93. The molecule has 2 aromatic carbocycles. The van der Waals surface area contributed by atoms with Crippen LogP contribution in [0.2, 0.25) is 0 Å². The molecule has 4 bridgehead atoms. The summed E-state index contributed by atoms with van der Waals surface area (Å²) in [5, 5.41) is 5.03. The van der Waals surface area contributed by atoms with E-state index in [2.05, 4.69) is 96.5 Å². The first-order valence-corrected chi connectivity index (χ1v) is 18.0. The molecule has 2 N–H and O–H groups in total. The van der Waals surface area contributed by atoms with Gasteiger partial charge in [0.05, 0.1) is 0 Å². The Labute approximate surface area is 274 Å². The fraction of sp³-hybridized carbons (Fsp3) is 0.600. The molecule has 6 fully saturated rings. The van der Waals surface area contributed by atoms with E-state index >= 15 is 0 Å². The van der Waals surface area contributed by atoms with Crippen molar-refractivity contribution < 1.29 is 9.59 Å². The van der Waals surface area contributed by atoms with Crippen molar-refractivity contribution in [1.29, 1.82) is 0 Å². The van der Waals surface area contributed by atoms with E-state index < -0.39 is 5.54 Å². The lowest BCUT2D eigenvalue weighted by atomic mass is 9.53. The van der Waals surface area contributed by atoms with Gasteiger partial charge in [-0.1, -0.05) is 62.4 Å². The van der Waals surface area contributed by atoms with Crippen molar-refractivity contribution >= 4 is 22.7 Å². The van der Waals surface area contributed by atoms with Gasteiger partial charge in [0.1, 0.15) is 5.54 Å². The number of benzene rings is 2. The second-order valence-corrected chi connectivity index (χ2v) is 16.8. The molecule has 6 aliphatic rings. The third-order valence-electron chi connectivity index (χ3n) is 13.4. The van der Waals surface area contributed by atoms with Crippen molar-refractivity contribution in [3.63, 3.8) is 0 Å². The number of carbonyl (C=O) groups is 2. The van der Waals surface area contributed by atoms with Crippen LogP contribution in [0.25, 0.3) is 10.9 Å². The predicted octanol–water partition coefficient (Wildman–Crippen LogP) is 7.18. The molecule has 5 aliphatic carbocycles. The van der Waals surface area contributed by atoms with Crippen LogP contribution < -0.4 is 5.32 Å². The molecule has 46 heavy (non-hydrogen) atoms. The first-order chi connectivity index (χ1) is 22.1. The Morgan fingerprint density at radius 3 is 2.17 bits per heavy atom. The molecule has 3 aromatic rings. The summed E-state index contributed by atoms with van der Waals surface area (Å²) < 4.78 is 0. The molecule has 6 nitrogen and oxygen atoms in total. The van der Waals surface area contributed by atoms with Gasteiger partial charge in [-0.2, -0.15) is 0 Å². The van der Waals surface area contributed by atoms with Crippen molar-refractivity contribution in [1.82, 2.24) is 20.1 Å². The number of H-pyrrole nitrogens is 1. The SMILES string of the molecule is Cc1[nH]c2ccccc2c1[C@H]1[C@H](CC(=O)N(Cc2ccccc2)C2(C(=O)NC34CC5CC(CC(C5)C3)C4)CCN(C)CC2)C1(C)C. The van der Waals surface area contributed by atoms with Crippen LogP contribution in [0.15, 0.2) is 54.6 Å². The number of rotatable bonds is 8. The van der Waals surface area contributed by atoms with Gasteiger partial charge in [0.15, 0.2) is 0 Å². The molecule has 2 amide bonds. The van der Waals surface area contributed by atoms with Gasteiger partial charge in [0.2, 0.25) is 11.8 Å². The Morgan fingerprint density at radius 2 is 1.52 bits per heavy atom. The van der Waals surface area contributed by atoms with Crippen LogP contribution in [0.5, 0.6) is 0 Å². The average molecular weight is 621 g/mol. The van der Waals surface area contributed by atoms with Gasteiger partial charge in [0, 0.05) is 48.2 Å². The number of aryl methyl sites for hydroxylation is 1. The minimum Gasteiger partial charge on any atom is -0.358 e. The molecular formula is C40H52N4O2. The zero-order chi connectivity index (χ0) is 31.8. The molecule has 1 aliphatic heterocycles. The van der Waals surface area contributed by atoms with Crippen LogP contribution in [-0.4, -0.2) is 57.8 Å². The molecule has 0 radical (unpaired) electrons. The Balaban J connectivity index is 1.12. The normalized spacial score (nSPS) is 32.4. The van der Waals surface area contributed by atoms with Crippen molar-refractivity contribution in [3.8, 4) is 0 Å². The number of nitrogens with zero attached hydrogens (tertiary/aromatic N) is 2. The molecule has 1 aromatic heterocycles. The predicted molar refractivity (Wildman–Crippen MR) is 183 cm³/mol. The number of fused-ring (bicyclic) bond motifs is 1. The zero-order valence-corrected chi connectivity index (χ0v) is 28.3. The van der Waals surface area contributed by atoms with Crippen LogP contribution in [0.4, 0.5) is 0 Å². The first kappa shape index (κ1) is 30.2. The fourth-order valence-corrected chi connectivity index (χ4v) is 11.2. The molecule has 2 heterocycles. The van der Waals surface area contributed by atoms with Crippen molar-refractivity contribution in [2.75, 3.05) is 20.1 Å². The monoisotopic (exact) mass is 620 g/mol. The number of hydrogen-bond acceptors (Lipinski definition) is 3. The first-order valence-electron chi connectivity index (χ1n) is 18.0. The molecule has 0 unspecified atom stereocenters. The van der Waals surface area contributed by atoms with E-state index in [9.17, 15) is 9.59 Å². The lowest BCUT2D eigenvalue weighted by molar-refractivity contribution is -0.155. The number of nitrogens with one attached hydrogen (secondary N) is 2. The lowest BCUT2D eigenvalue weighted by Gasteiger charge is -2.58. The number of para-hydroxylation sites is 1. The molecule has 244 valence electrons. The molecule has 5 saturated carbocycles. The van der Waals surface area contributed by atoms with Crippen LogP contribution in [0, 0.1) is 36.0 Å². The molecule has 6 heteroatoms. The van der Waals surface area contributed by atoms with E-state index in [0.29, 0.717) is 31.7 Å². The number of likely N-dealkylation sites (tertiary alicyclic amines) is 1. The maximum Gasteiger partial charge on any atom is 0.246 e. The van der Waals surface area contributed by atoms with E-state index in [0.717, 1.165) is 55.7 Å². The van der Waals surface area contributed by atoms with Gasteiger partial charge in [-0.05, 0) is 118 Å². The van der Waals surface area contributed by atoms with Gasteiger partial charge < -0.3 is 20.1 Å².